The molecule has 0 amide bonds. The Bertz CT molecular complexity index is 784. The zero-order chi connectivity index (χ0) is 18.5. The van der Waals surface area contributed by atoms with Gasteiger partial charge in [-0.15, -0.1) is 0 Å². The number of ether oxygens (including phenoxy) is 1. The van der Waals surface area contributed by atoms with Crippen molar-refractivity contribution < 1.29 is 23.5 Å². The van der Waals surface area contributed by atoms with E-state index in [4.69, 9.17) is 9.15 Å². The van der Waals surface area contributed by atoms with E-state index in [1.807, 2.05) is 20.8 Å². The number of allylic oxidation sites excluding steroid dienone is 1. The normalized spacial score (nSPS) is 32.2. The Kier molecular flexibility index (Phi) is 4.21. The second-order valence-corrected chi connectivity index (χ2v) is 7.43. The number of furan rings is 1. The summed E-state index contributed by atoms with van der Waals surface area (Å²) in [6, 6.07) is 0. The standard InChI is InChI=1S/C20H24O5/c1-6-10(2)19(23)25-18-15-11(3)9-24-17(15)16(22)13-7-8-14(21)12(4)20(13,18)5/h6,9,12-13,18H,7-8H2,1-5H3/t12-,13-,18+,20+/m0/s1. The van der Waals surface area contributed by atoms with E-state index in [9.17, 15) is 14.4 Å². The largest absolute Gasteiger partial charge is 0.461 e. The summed E-state index contributed by atoms with van der Waals surface area (Å²) >= 11 is 0. The molecule has 25 heavy (non-hydrogen) atoms. The molecule has 0 unspecified atom stereocenters. The lowest BCUT2D eigenvalue weighted by Gasteiger charge is -2.50. The van der Waals surface area contributed by atoms with Crippen molar-refractivity contribution in [2.75, 3.05) is 0 Å². The highest BCUT2D eigenvalue weighted by Gasteiger charge is 2.60. The number of esters is 1. The molecule has 0 N–H and O–H groups in total. The monoisotopic (exact) mass is 344 g/mol. The predicted octanol–water partition coefficient (Wildman–Crippen LogP) is 3.96. The number of carbonyl (C=O) groups excluding carboxylic acids is 3. The molecular formula is C20H24O5. The van der Waals surface area contributed by atoms with Crippen LogP contribution in [-0.2, 0) is 14.3 Å². The summed E-state index contributed by atoms with van der Waals surface area (Å²) in [7, 11) is 0. The Balaban J connectivity index is 2.17. The maximum Gasteiger partial charge on any atom is 0.334 e. The molecule has 1 aromatic rings. The second-order valence-electron chi connectivity index (χ2n) is 7.43. The van der Waals surface area contributed by atoms with E-state index in [1.54, 1.807) is 19.9 Å². The Morgan fingerprint density at radius 2 is 2.08 bits per heavy atom. The van der Waals surface area contributed by atoms with Crippen LogP contribution in [-0.4, -0.2) is 17.5 Å². The fourth-order valence-electron chi connectivity index (χ4n) is 4.23. The summed E-state index contributed by atoms with van der Waals surface area (Å²) in [6.45, 7) is 9.03. The van der Waals surface area contributed by atoms with Crippen LogP contribution < -0.4 is 0 Å². The third kappa shape index (κ3) is 2.40. The minimum Gasteiger partial charge on any atom is -0.461 e. The van der Waals surface area contributed by atoms with Crippen LogP contribution in [0.4, 0.5) is 0 Å². The van der Waals surface area contributed by atoms with Crippen molar-refractivity contribution in [1.82, 2.24) is 0 Å². The molecule has 2 aliphatic carbocycles. The smallest absolute Gasteiger partial charge is 0.334 e. The third-order valence-electron chi connectivity index (χ3n) is 6.22. The summed E-state index contributed by atoms with van der Waals surface area (Å²) < 4.78 is 11.4. The van der Waals surface area contributed by atoms with Gasteiger partial charge in [0.25, 0.3) is 0 Å². The first-order valence-electron chi connectivity index (χ1n) is 8.72. The van der Waals surface area contributed by atoms with E-state index in [-0.39, 0.29) is 29.2 Å². The minimum atomic E-state index is -0.766. The van der Waals surface area contributed by atoms with Crippen molar-refractivity contribution >= 4 is 17.5 Å². The Morgan fingerprint density at radius 3 is 2.72 bits per heavy atom. The number of hydrogen-bond donors (Lipinski definition) is 0. The highest BCUT2D eigenvalue weighted by molar-refractivity contribution is 6.01. The second kappa shape index (κ2) is 5.97. The number of rotatable bonds is 2. The quantitative estimate of drug-likeness (QED) is 0.600. The van der Waals surface area contributed by atoms with Crippen LogP contribution in [0.5, 0.6) is 0 Å². The van der Waals surface area contributed by atoms with Gasteiger partial charge >= 0.3 is 5.97 Å². The highest BCUT2D eigenvalue weighted by atomic mass is 16.5. The van der Waals surface area contributed by atoms with Gasteiger partial charge in [0.15, 0.2) is 5.76 Å². The number of fused-ring (bicyclic) bond motifs is 2. The van der Waals surface area contributed by atoms with Crippen LogP contribution in [0.1, 0.15) is 68.3 Å². The predicted molar refractivity (Wildman–Crippen MR) is 91.0 cm³/mol. The number of carbonyl (C=O) groups is 3. The topological polar surface area (TPSA) is 73.6 Å². The van der Waals surface area contributed by atoms with E-state index in [2.05, 4.69) is 0 Å². The average Bonchev–Trinajstić information content (AvgIpc) is 2.97. The van der Waals surface area contributed by atoms with E-state index < -0.39 is 17.5 Å². The molecule has 1 heterocycles. The molecule has 0 saturated heterocycles. The number of Topliss-reactive ketones (excluding diaryl/α,β-unsaturated/α-hetero) is 2. The molecule has 0 spiro atoms. The van der Waals surface area contributed by atoms with Crippen molar-refractivity contribution in [3.8, 4) is 0 Å². The Labute approximate surface area is 147 Å². The van der Waals surface area contributed by atoms with Crippen LogP contribution in [0.25, 0.3) is 0 Å². The molecule has 0 aliphatic heterocycles. The maximum atomic E-state index is 13.0. The van der Waals surface area contributed by atoms with Gasteiger partial charge < -0.3 is 9.15 Å². The molecule has 1 fully saturated rings. The summed E-state index contributed by atoms with van der Waals surface area (Å²) in [5.74, 6) is -0.890. The fraction of sp³-hybridized carbons (Fsp3) is 0.550. The number of hydrogen-bond acceptors (Lipinski definition) is 5. The zero-order valence-corrected chi connectivity index (χ0v) is 15.3. The maximum absolute atomic E-state index is 13.0. The van der Waals surface area contributed by atoms with Gasteiger partial charge in [0.1, 0.15) is 11.9 Å². The average molecular weight is 344 g/mol. The molecular weight excluding hydrogens is 320 g/mol. The molecule has 4 atom stereocenters. The van der Waals surface area contributed by atoms with Gasteiger partial charge in [0.2, 0.25) is 5.78 Å². The molecule has 3 rings (SSSR count). The molecule has 0 radical (unpaired) electrons. The molecule has 134 valence electrons. The van der Waals surface area contributed by atoms with Crippen LogP contribution in [0.15, 0.2) is 22.3 Å². The van der Waals surface area contributed by atoms with E-state index in [0.717, 1.165) is 5.56 Å². The van der Waals surface area contributed by atoms with Crippen molar-refractivity contribution in [3.05, 3.63) is 34.8 Å². The lowest BCUT2D eigenvalue weighted by atomic mass is 9.53. The van der Waals surface area contributed by atoms with Gasteiger partial charge in [-0.3, -0.25) is 9.59 Å². The summed E-state index contributed by atoms with van der Waals surface area (Å²) in [5.41, 5.74) is 1.11. The highest BCUT2D eigenvalue weighted by Crippen LogP contribution is 2.58. The first kappa shape index (κ1) is 17.6. The molecule has 1 aromatic heterocycles. The first-order chi connectivity index (χ1) is 11.7. The van der Waals surface area contributed by atoms with Crippen LogP contribution in [0.2, 0.25) is 0 Å². The SMILES string of the molecule is CC=C(C)C(=O)O[C@@H]1c2c(C)coc2C(=O)[C@@H]2CCC(=O)[C@H](C)[C@@]12C. The van der Waals surface area contributed by atoms with E-state index in [0.29, 0.717) is 24.0 Å². The van der Waals surface area contributed by atoms with Crippen LogP contribution in [0, 0.1) is 24.2 Å². The molecule has 5 nitrogen and oxygen atoms in total. The number of ketones is 2. The fourth-order valence-corrected chi connectivity index (χ4v) is 4.23. The Morgan fingerprint density at radius 1 is 1.40 bits per heavy atom. The van der Waals surface area contributed by atoms with Crippen molar-refractivity contribution in [1.29, 1.82) is 0 Å². The van der Waals surface area contributed by atoms with Gasteiger partial charge in [-0.25, -0.2) is 4.79 Å². The first-order valence-corrected chi connectivity index (χ1v) is 8.72. The van der Waals surface area contributed by atoms with Crippen LogP contribution >= 0.6 is 0 Å². The van der Waals surface area contributed by atoms with Gasteiger partial charge in [-0.2, -0.15) is 0 Å². The molecule has 0 aromatic carbocycles. The molecule has 2 aliphatic rings. The molecule has 1 saturated carbocycles. The summed E-state index contributed by atoms with van der Waals surface area (Å²) in [4.78, 5) is 37.9. The van der Waals surface area contributed by atoms with E-state index >= 15 is 0 Å². The lowest BCUT2D eigenvalue weighted by Crippen LogP contribution is -2.53. The summed E-state index contributed by atoms with van der Waals surface area (Å²) in [5, 5.41) is 0. The third-order valence-corrected chi connectivity index (χ3v) is 6.22. The van der Waals surface area contributed by atoms with Gasteiger partial charge in [-0.1, -0.05) is 19.9 Å². The van der Waals surface area contributed by atoms with Gasteiger partial charge in [-0.05, 0) is 32.8 Å². The zero-order valence-electron chi connectivity index (χ0n) is 15.3. The van der Waals surface area contributed by atoms with Crippen LogP contribution in [0.3, 0.4) is 0 Å². The van der Waals surface area contributed by atoms with E-state index in [1.165, 1.54) is 6.26 Å². The van der Waals surface area contributed by atoms with Gasteiger partial charge in [0, 0.05) is 34.8 Å². The van der Waals surface area contributed by atoms with Crippen molar-refractivity contribution in [2.24, 2.45) is 17.3 Å². The lowest BCUT2D eigenvalue weighted by molar-refractivity contribution is -0.165. The van der Waals surface area contributed by atoms with Gasteiger partial charge in [0.05, 0.1) is 6.26 Å². The molecule has 0 bridgehead atoms. The molecule has 5 heteroatoms. The van der Waals surface area contributed by atoms with Crippen molar-refractivity contribution in [3.63, 3.8) is 0 Å². The van der Waals surface area contributed by atoms with Crippen molar-refractivity contribution in [2.45, 2.75) is 53.6 Å². The Hall–Kier alpha value is -2.17. The minimum absolute atomic E-state index is 0.0833. The summed E-state index contributed by atoms with van der Waals surface area (Å²) in [6.07, 6.45) is 3.38. The number of aryl methyl sites for hydroxylation is 1.